The molecule has 0 amide bonds. The quantitative estimate of drug-likeness (QED) is 0.716. The van der Waals surface area contributed by atoms with E-state index in [-0.39, 0.29) is 16.9 Å². The lowest BCUT2D eigenvalue weighted by Gasteiger charge is -2.11. The standard InChI is InChI=1S/C15H21Cl2NO3/c16-12-7-11(15(19)14(17)8-12)9-18-4-2-5-20-10-13-3-1-6-21-13/h7-8,13,18-19H,1-6,9-10H2. The molecule has 4 nitrogen and oxygen atoms in total. The summed E-state index contributed by atoms with van der Waals surface area (Å²) >= 11 is 11.8. The van der Waals surface area contributed by atoms with Crippen LogP contribution in [0.4, 0.5) is 0 Å². The van der Waals surface area contributed by atoms with Crippen molar-refractivity contribution in [3.05, 3.63) is 27.7 Å². The summed E-state index contributed by atoms with van der Waals surface area (Å²) in [4.78, 5) is 0. The Morgan fingerprint density at radius 2 is 2.24 bits per heavy atom. The summed E-state index contributed by atoms with van der Waals surface area (Å²) < 4.78 is 11.1. The summed E-state index contributed by atoms with van der Waals surface area (Å²) in [7, 11) is 0. The van der Waals surface area contributed by atoms with E-state index in [0.29, 0.717) is 30.3 Å². The van der Waals surface area contributed by atoms with Gasteiger partial charge in [-0.25, -0.2) is 0 Å². The Hall–Kier alpha value is -0.520. The van der Waals surface area contributed by atoms with Gasteiger partial charge in [0.05, 0.1) is 17.7 Å². The normalized spacial score (nSPS) is 18.3. The van der Waals surface area contributed by atoms with Crippen molar-refractivity contribution in [3.8, 4) is 5.75 Å². The first kappa shape index (κ1) is 16.8. The second-order valence-corrected chi connectivity index (χ2v) is 5.98. The van der Waals surface area contributed by atoms with Gasteiger partial charge in [0.25, 0.3) is 0 Å². The molecule has 0 aromatic heterocycles. The molecule has 0 radical (unpaired) electrons. The molecule has 0 spiro atoms. The predicted octanol–water partition coefficient (Wildman–Crippen LogP) is 3.37. The minimum atomic E-state index is 0.0863. The number of hydrogen-bond acceptors (Lipinski definition) is 4. The van der Waals surface area contributed by atoms with Gasteiger partial charge in [-0.2, -0.15) is 0 Å². The molecule has 2 rings (SSSR count). The van der Waals surface area contributed by atoms with Gasteiger partial charge in [-0.15, -0.1) is 0 Å². The van der Waals surface area contributed by atoms with E-state index in [9.17, 15) is 5.11 Å². The van der Waals surface area contributed by atoms with Crippen LogP contribution in [0, 0.1) is 0 Å². The predicted molar refractivity (Wildman–Crippen MR) is 84.2 cm³/mol. The van der Waals surface area contributed by atoms with Crippen LogP contribution in [0.5, 0.6) is 5.75 Å². The lowest BCUT2D eigenvalue weighted by molar-refractivity contribution is 0.0166. The maximum absolute atomic E-state index is 9.81. The van der Waals surface area contributed by atoms with Crippen LogP contribution >= 0.6 is 23.2 Å². The fourth-order valence-corrected chi connectivity index (χ4v) is 2.80. The third-order valence-corrected chi connectivity index (χ3v) is 3.90. The molecule has 1 aliphatic rings. The van der Waals surface area contributed by atoms with Crippen molar-refractivity contribution in [3.63, 3.8) is 0 Å². The molecule has 1 aromatic carbocycles. The van der Waals surface area contributed by atoms with Crippen LogP contribution in [0.25, 0.3) is 0 Å². The highest BCUT2D eigenvalue weighted by Crippen LogP contribution is 2.30. The van der Waals surface area contributed by atoms with Gasteiger partial charge in [0.2, 0.25) is 0 Å². The molecule has 1 fully saturated rings. The fraction of sp³-hybridized carbons (Fsp3) is 0.600. The molecule has 1 aliphatic heterocycles. The summed E-state index contributed by atoms with van der Waals surface area (Å²) in [5.41, 5.74) is 0.702. The molecular formula is C15H21Cl2NO3. The highest BCUT2D eigenvalue weighted by Gasteiger charge is 2.14. The Kier molecular flexibility index (Phi) is 7.07. The maximum Gasteiger partial charge on any atom is 0.138 e. The molecule has 0 aliphatic carbocycles. The Morgan fingerprint density at radius 1 is 1.38 bits per heavy atom. The minimum absolute atomic E-state index is 0.0863. The summed E-state index contributed by atoms with van der Waals surface area (Å²) in [5.74, 6) is 0.0863. The smallest absolute Gasteiger partial charge is 0.138 e. The topological polar surface area (TPSA) is 50.7 Å². The van der Waals surface area contributed by atoms with E-state index in [2.05, 4.69) is 5.32 Å². The van der Waals surface area contributed by atoms with E-state index in [1.54, 1.807) is 6.07 Å². The first-order valence-corrected chi connectivity index (χ1v) is 7.99. The summed E-state index contributed by atoms with van der Waals surface area (Å²) in [6.07, 6.45) is 3.43. The van der Waals surface area contributed by atoms with Crippen LogP contribution in [-0.4, -0.2) is 37.6 Å². The number of ether oxygens (including phenoxy) is 2. The van der Waals surface area contributed by atoms with Crippen molar-refractivity contribution in [2.45, 2.75) is 31.9 Å². The zero-order chi connectivity index (χ0) is 15.1. The van der Waals surface area contributed by atoms with Gasteiger partial charge in [0.15, 0.2) is 0 Å². The van der Waals surface area contributed by atoms with E-state index in [1.165, 1.54) is 6.07 Å². The highest BCUT2D eigenvalue weighted by molar-refractivity contribution is 6.35. The van der Waals surface area contributed by atoms with Crippen LogP contribution in [-0.2, 0) is 16.0 Å². The number of benzene rings is 1. The zero-order valence-corrected chi connectivity index (χ0v) is 13.4. The van der Waals surface area contributed by atoms with E-state index in [0.717, 1.165) is 32.4 Å². The van der Waals surface area contributed by atoms with Crippen molar-refractivity contribution in [2.24, 2.45) is 0 Å². The largest absolute Gasteiger partial charge is 0.506 e. The number of rotatable bonds is 8. The van der Waals surface area contributed by atoms with Crippen molar-refractivity contribution >= 4 is 23.2 Å². The fourth-order valence-electron chi connectivity index (χ4n) is 2.27. The monoisotopic (exact) mass is 333 g/mol. The maximum atomic E-state index is 9.81. The summed E-state index contributed by atoms with van der Waals surface area (Å²) in [5, 5.41) is 13.9. The number of phenols is 1. The number of phenolic OH excluding ortho intramolecular Hbond substituents is 1. The van der Waals surface area contributed by atoms with Crippen LogP contribution in [0.15, 0.2) is 12.1 Å². The average molecular weight is 334 g/mol. The van der Waals surface area contributed by atoms with Gasteiger partial charge in [-0.3, -0.25) is 0 Å². The van der Waals surface area contributed by atoms with Crippen LogP contribution in [0.3, 0.4) is 0 Å². The van der Waals surface area contributed by atoms with Crippen molar-refractivity contribution < 1.29 is 14.6 Å². The SMILES string of the molecule is Oc1c(Cl)cc(Cl)cc1CNCCCOCC1CCCO1. The first-order valence-electron chi connectivity index (χ1n) is 7.24. The molecule has 2 N–H and O–H groups in total. The van der Waals surface area contributed by atoms with Crippen molar-refractivity contribution in [1.29, 1.82) is 0 Å². The van der Waals surface area contributed by atoms with Gasteiger partial charge in [-0.1, -0.05) is 23.2 Å². The molecule has 1 atom stereocenters. The van der Waals surface area contributed by atoms with Gasteiger partial charge >= 0.3 is 0 Å². The minimum Gasteiger partial charge on any atom is -0.506 e. The molecule has 1 aromatic rings. The van der Waals surface area contributed by atoms with Gasteiger partial charge in [-0.05, 0) is 37.9 Å². The lowest BCUT2D eigenvalue weighted by atomic mass is 10.2. The number of halogens is 2. The van der Waals surface area contributed by atoms with E-state index < -0.39 is 0 Å². The third kappa shape index (κ3) is 5.64. The molecule has 6 heteroatoms. The molecular weight excluding hydrogens is 313 g/mol. The highest BCUT2D eigenvalue weighted by atomic mass is 35.5. The second-order valence-electron chi connectivity index (χ2n) is 5.14. The Balaban J connectivity index is 1.57. The first-order chi connectivity index (χ1) is 10.2. The Labute approximate surface area is 135 Å². The number of nitrogens with one attached hydrogen (secondary N) is 1. The van der Waals surface area contributed by atoms with Crippen LogP contribution in [0.1, 0.15) is 24.8 Å². The van der Waals surface area contributed by atoms with Gasteiger partial charge in [0.1, 0.15) is 5.75 Å². The molecule has 21 heavy (non-hydrogen) atoms. The summed E-state index contributed by atoms with van der Waals surface area (Å²) in [6.45, 7) is 3.58. The molecule has 118 valence electrons. The Morgan fingerprint density at radius 3 is 3.00 bits per heavy atom. The van der Waals surface area contributed by atoms with Crippen molar-refractivity contribution in [2.75, 3.05) is 26.4 Å². The molecule has 1 heterocycles. The molecule has 1 saturated heterocycles. The Bertz CT molecular complexity index is 451. The number of aromatic hydroxyl groups is 1. The van der Waals surface area contributed by atoms with Crippen LogP contribution in [0.2, 0.25) is 10.0 Å². The molecule has 0 saturated carbocycles. The van der Waals surface area contributed by atoms with E-state index >= 15 is 0 Å². The lowest BCUT2D eigenvalue weighted by Crippen LogP contribution is -2.19. The number of hydrogen-bond donors (Lipinski definition) is 2. The average Bonchev–Trinajstić information content (AvgIpc) is 2.96. The van der Waals surface area contributed by atoms with Crippen molar-refractivity contribution in [1.82, 2.24) is 5.32 Å². The second kappa shape index (κ2) is 8.81. The zero-order valence-electron chi connectivity index (χ0n) is 11.9. The third-order valence-electron chi connectivity index (χ3n) is 3.39. The van der Waals surface area contributed by atoms with Gasteiger partial charge in [0, 0.05) is 30.3 Å². The van der Waals surface area contributed by atoms with E-state index in [4.69, 9.17) is 32.7 Å². The molecule has 0 bridgehead atoms. The van der Waals surface area contributed by atoms with E-state index in [1.807, 2.05) is 0 Å². The van der Waals surface area contributed by atoms with Gasteiger partial charge < -0.3 is 19.9 Å². The van der Waals surface area contributed by atoms with Crippen LogP contribution < -0.4 is 5.32 Å². The summed E-state index contributed by atoms with van der Waals surface area (Å²) in [6, 6.07) is 3.24. The molecule has 1 unspecified atom stereocenters.